The molecule has 0 aromatic carbocycles. The first-order valence-corrected chi connectivity index (χ1v) is 8.85. The molecule has 0 aromatic rings. The van der Waals surface area contributed by atoms with E-state index in [0.29, 0.717) is 0 Å². The Morgan fingerprint density at radius 1 is 1.07 bits per heavy atom. The average Bonchev–Trinajstić information content (AvgIpc) is 2.54. The van der Waals surface area contributed by atoms with Crippen LogP contribution in [0.2, 0.25) is 0 Å². The summed E-state index contributed by atoms with van der Waals surface area (Å²) in [5.74, 6) is -1.92. The topological polar surface area (TPSA) is 118 Å². The van der Waals surface area contributed by atoms with Gasteiger partial charge in [-0.2, -0.15) is 0 Å². The fourth-order valence-electron chi connectivity index (χ4n) is 2.34. The van der Waals surface area contributed by atoms with E-state index in [9.17, 15) is 19.5 Å². The quantitative estimate of drug-likeness (QED) is 0.383. The Morgan fingerprint density at radius 3 is 2.15 bits per heavy atom. The molecule has 0 aliphatic carbocycles. The van der Waals surface area contributed by atoms with E-state index in [1.54, 1.807) is 6.92 Å². The first kappa shape index (κ1) is 23.3. The summed E-state index contributed by atoms with van der Waals surface area (Å²) in [6.07, 6.45) is -4.49. The van der Waals surface area contributed by atoms with Gasteiger partial charge in [-0.1, -0.05) is 27.7 Å². The fourth-order valence-corrected chi connectivity index (χ4v) is 2.34. The van der Waals surface area contributed by atoms with E-state index in [1.807, 2.05) is 20.8 Å². The lowest BCUT2D eigenvalue weighted by atomic mass is 9.82. The highest BCUT2D eigenvalue weighted by Gasteiger charge is 2.45. The van der Waals surface area contributed by atoms with E-state index >= 15 is 0 Å². The smallest absolute Gasteiger partial charge is 0.309 e. The van der Waals surface area contributed by atoms with Crippen molar-refractivity contribution in [2.75, 3.05) is 19.8 Å². The van der Waals surface area contributed by atoms with Gasteiger partial charge in [0.25, 0.3) is 0 Å². The number of aliphatic hydroxyl groups excluding tert-OH is 1. The van der Waals surface area contributed by atoms with Crippen LogP contribution in [0, 0.1) is 11.3 Å². The van der Waals surface area contributed by atoms with Gasteiger partial charge in [0.05, 0.1) is 19.1 Å². The molecule has 1 heterocycles. The maximum Gasteiger partial charge on any atom is 0.309 e. The lowest BCUT2D eigenvalue weighted by molar-refractivity contribution is -0.279. The highest BCUT2D eigenvalue weighted by molar-refractivity contribution is 5.72. The summed E-state index contributed by atoms with van der Waals surface area (Å²) in [5, 5.41) is 9.98. The molecule has 1 N–H and O–H groups in total. The number of rotatable bonds is 7. The van der Waals surface area contributed by atoms with Gasteiger partial charge >= 0.3 is 17.9 Å². The summed E-state index contributed by atoms with van der Waals surface area (Å²) >= 11 is 0. The first-order valence-electron chi connectivity index (χ1n) is 8.85. The van der Waals surface area contributed by atoms with E-state index in [4.69, 9.17) is 23.7 Å². The molecular weight excluding hydrogens is 360 g/mol. The van der Waals surface area contributed by atoms with E-state index in [0.717, 1.165) is 0 Å². The summed E-state index contributed by atoms with van der Waals surface area (Å²) in [7, 11) is 0. The minimum absolute atomic E-state index is 0.0199. The molecule has 1 fully saturated rings. The zero-order chi connectivity index (χ0) is 20.8. The Kier molecular flexibility index (Phi) is 8.64. The predicted molar refractivity (Wildman–Crippen MR) is 92.4 cm³/mol. The Bertz CT molecular complexity index is 525. The lowest BCUT2D eigenvalue weighted by Gasteiger charge is -2.38. The Labute approximate surface area is 159 Å². The monoisotopic (exact) mass is 390 g/mol. The number of aliphatic hydroxyl groups is 1. The molecule has 0 spiro atoms. The number of esters is 3. The van der Waals surface area contributed by atoms with Crippen molar-refractivity contribution in [2.24, 2.45) is 11.3 Å². The zero-order valence-corrected chi connectivity index (χ0v) is 16.7. The van der Waals surface area contributed by atoms with Gasteiger partial charge in [0.15, 0.2) is 18.5 Å². The molecule has 1 saturated heterocycles. The Hall–Kier alpha value is -1.71. The van der Waals surface area contributed by atoms with Crippen LogP contribution in [0.5, 0.6) is 0 Å². The van der Waals surface area contributed by atoms with Crippen LogP contribution < -0.4 is 0 Å². The molecule has 27 heavy (non-hydrogen) atoms. The second-order valence-electron chi connectivity index (χ2n) is 7.54. The van der Waals surface area contributed by atoms with Crippen LogP contribution in [-0.2, 0) is 38.1 Å². The number of carbonyl (C=O) groups excluding carboxylic acids is 3. The first-order chi connectivity index (χ1) is 12.4. The summed E-state index contributed by atoms with van der Waals surface area (Å²) in [4.78, 5) is 34.6. The van der Waals surface area contributed by atoms with Crippen molar-refractivity contribution in [3.63, 3.8) is 0 Å². The van der Waals surface area contributed by atoms with Crippen molar-refractivity contribution in [3.8, 4) is 0 Å². The summed E-state index contributed by atoms with van der Waals surface area (Å²) in [5.41, 5.74) is -0.224. The molecule has 0 bridgehead atoms. The number of hydrogen-bond acceptors (Lipinski definition) is 9. The van der Waals surface area contributed by atoms with Gasteiger partial charge in [-0.3, -0.25) is 14.4 Å². The minimum Gasteiger partial charge on any atom is -0.463 e. The van der Waals surface area contributed by atoms with Crippen molar-refractivity contribution in [1.82, 2.24) is 0 Å². The van der Waals surface area contributed by atoms with Crippen LogP contribution in [0.15, 0.2) is 0 Å². The highest BCUT2D eigenvalue weighted by atomic mass is 16.7. The van der Waals surface area contributed by atoms with Crippen LogP contribution in [0.4, 0.5) is 0 Å². The van der Waals surface area contributed by atoms with Crippen molar-refractivity contribution in [3.05, 3.63) is 0 Å². The standard InChI is InChI=1S/C18H30O9/c1-10(18(4,5)6)16(22)23-7-8-24-17-15(27-12(3)20)14(26-11(2)19)13(21)9-25-17/h10,13-15,17,21H,7-9H2,1-6H3. The number of hydrogen-bond donors (Lipinski definition) is 1. The van der Waals surface area contributed by atoms with Crippen molar-refractivity contribution in [1.29, 1.82) is 0 Å². The normalized spacial score (nSPS) is 26.8. The molecule has 5 unspecified atom stereocenters. The molecule has 5 atom stereocenters. The molecule has 0 amide bonds. The third-order valence-electron chi connectivity index (χ3n) is 4.27. The van der Waals surface area contributed by atoms with Crippen LogP contribution in [0.25, 0.3) is 0 Å². The van der Waals surface area contributed by atoms with Gasteiger partial charge in [-0.25, -0.2) is 0 Å². The van der Waals surface area contributed by atoms with Crippen molar-refractivity contribution >= 4 is 17.9 Å². The molecule has 1 aliphatic heterocycles. The average molecular weight is 390 g/mol. The van der Waals surface area contributed by atoms with Gasteiger partial charge in [0.2, 0.25) is 0 Å². The van der Waals surface area contributed by atoms with E-state index in [-0.39, 0.29) is 37.1 Å². The SMILES string of the molecule is CC(=O)OC1C(O)COC(OCCOC(=O)C(C)C(C)(C)C)C1OC(C)=O. The van der Waals surface area contributed by atoms with Crippen LogP contribution in [0.3, 0.4) is 0 Å². The van der Waals surface area contributed by atoms with Gasteiger partial charge in [0, 0.05) is 13.8 Å². The van der Waals surface area contributed by atoms with E-state index in [1.165, 1.54) is 13.8 Å². The number of ether oxygens (including phenoxy) is 5. The second kappa shape index (κ2) is 10.0. The summed E-state index contributed by atoms with van der Waals surface area (Å²) < 4.78 is 26.2. The minimum atomic E-state index is -1.16. The highest BCUT2D eigenvalue weighted by Crippen LogP contribution is 2.26. The molecule has 0 saturated carbocycles. The maximum atomic E-state index is 12.0. The molecule has 9 heteroatoms. The van der Waals surface area contributed by atoms with Crippen LogP contribution in [-0.4, -0.2) is 67.4 Å². The van der Waals surface area contributed by atoms with Gasteiger partial charge in [0.1, 0.15) is 12.7 Å². The molecule has 9 nitrogen and oxygen atoms in total. The number of carbonyl (C=O) groups is 3. The molecular formula is C18H30O9. The van der Waals surface area contributed by atoms with Gasteiger partial charge in [-0.15, -0.1) is 0 Å². The van der Waals surface area contributed by atoms with Crippen molar-refractivity contribution < 1.29 is 43.2 Å². The second-order valence-corrected chi connectivity index (χ2v) is 7.54. The third kappa shape index (κ3) is 7.43. The largest absolute Gasteiger partial charge is 0.463 e. The van der Waals surface area contributed by atoms with E-state index in [2.05, 4.69) is 0 Å². The van der Waals surface area contributed by atoms with E-state index < -0.39 is 36.5 Å². The van der Waals surface area contributed by atoms with Gasteiger partial charge in [-0.05, 0) is 5.41 Å². The summed E-state index contributed by atoms with van der Waals surface area (Å²) in [6, 6.07) is 0. The van der Waals surface area contributed by atoms with Crippen molar-refractivity contribution in [2.45, 2.75) is 66.1 Å². The fraction of sp³-hybridized carbons (Fsp3) is 0.833. The Morgan fingerprint density at radius 2 is 1.63 bits per heavy atom. The molecule has 156 valence electrons. The Balaban J connectivity index is 2.61. The van der Waals surface area contributed by atoms with Crippen LogP contribution in [0.1, 0.15) is 41.5 Å². The maximum absolute atomic E-state index is 12.0. The molecule has 0 aromatic heterocycles. The molecule has 0 radical (unpaired) electrons. The lowest BCUT2D eigenvalue weighted by Crippen LogP contribution is -2.57. The third-order valence-corrected chi connectivity index (χ3v) is 4.27. The summed E-state index contributed by atoms with van der Waals surface area (Å²) in [6.45, 7) is 9.76. The van der Waals surface area contributed by atoms with Crippen LogP contribution >= 0.6 is 0 Å². The molecule has 1 aliphatic rings. The van der Waals surface area contributed by atoms with Gasteiger partial charge < -0.3 is 28.8 Å². The zero-order valence-electron chi connectivity index (χ0n) is 16.7. The molecule has 1 rings (SSSR count). The predicted octanol–water partition coefficient (Wildman–Crippen LogP) is 0.809.